The summed E-state index contributed by atoms with van der Waals surface area (Å²) in [5, 5.41) is 37.9. The number of carboxylic acids is 1. The van der Waals surface area contributed by atoms with Gasteiger partial charge in [-0.15, -0.1) is 0 Å². The number of ether oxygens (including phenoxy) is 1. The second kappa shape index (κ2) is 9.24. The molecule has 180 valence electrons. The number of aliphatic hydroxyl groups is 2. The summed E-state index contributed by atoms with van der Waals surface area (Å²) in [5.41, 5.74) is 1.05. The molecule has 0 unspecified atom stereocenters. The van der Waals surface area contributed by atoms with Gasteiger partial charge in [-0.25, -0.2) is 24.7 Å². The second-order valence-corrected chi connectivity index (χ2v) is 7.36. The van der Waals surface area contributed by atoms with Gasteiger partial charge in [-0.2, -0.15) is 18.3 Å². The van der Waals surface area contributed by atoms with Gasteiger partial charge in [0.05, 0.1) is 6.33 Å². The average Bonchev–Trinajstić information content (AvgIpc) is 3.40. The van der Waals surface area contributed by atoms with Crippen molar-refractivity contribution in [1.29, 1.82) is 0 Å². The molecule has 3 aromatic heterocycles. The smallest absolute Gasteiger partial charge is 0.475 e. The van der Waals surface area contributed by atoms with Crippen LogP contribution < -0.4 is 5.32 Å². The topological polar surface area (TPSA) is 184 Å². The molecular weight excluding hydrogens is 453 g/mol. The van der Waals surface area contributed by atoms with Crippen molar-refractivity contribution in [2.75, 3.05) is 5.32 Å². The SMILES string of the molecule is Cc1nc([C@H]2O[C@@H](n3cnc4c(NC(C)C)ncnc43)[C@H](O)[C@@H]2O)n[nH]1.O=C(O)C(F)(F)F. The van der Waals surface area contributed by atoms with E-state index in [2.05, 4.69) is 35.5 Å². The van der Waals surface area contributed by atoms with Crippen molar-refractivity contribution >= 4 is 23.0 Å². The first-order chi connectivity index (χ1) is 15.4. The molecule has 0 aliphatic carbocycles. The highest BCUT2D eigenvalue weighted by Gasteiger charge is 2.46. The molecule has 4 heterocycles. The highest BCUT2D eigenvalue weighted by molar-refractivity contribution is 5.82. The highest BCUT2D eigenvalue weighted by atomic mass is 19.4. The van der Waals surface area contributed by atoms with E-state index in [1.165, 1.54) is 12.7 Å². The quantitative estimate of drug-likeness (QED) is 0.358. The van der Waals surface area contributed by atoms with Gasteiger partial charge in [0.1, 0.15) is 24.4 Å². The largest absolute Gasteiger partial charge is 0.490 e. The molecule has 3 aromatic rings. The minimum atomic E-state index is -5.08. The fourth-order valence-electron chi connectivity index (χ4n) is 3.01. The Morgan fingerprint density at radius 3 is 2.45 bits per heavy atom. The number of carboxylic acid groups (broad SMARTS) is 1. The van der Waals surface area contributed by atoms with Crippen LogP contribution in [0.3, 0.4) is 0 Å². The summed E-state index contributed by atoms with van der Waals surface area (Å²) < 4.78 is 39.2. The number of aromatic nitrogens is 7. The van der Waals surface area contributed by atoms with Gasteiger partial charge < -0.3 is 25.4 Å². The van der Waals surface area contributed by atoms with E-state index in [9.17, 15) is 23.4 Å². The molecule has 0 spiro atoms. The van der Waals surface area contributed by atoms with Crippen molar-refractivity contribution in [3.05, 3.63) is 24.3 Å². The summed E-state index contributed by atoms with van der Waals surface area (Å²) >= 11 is 0. The van der Waals surface area contributed by atoms with Crippen molar-refractivity contribution in [3.63, 3.8) is 0 Å². The molecule has 1 aliphatic rings. The summed E-state index contributed by atoms with van der Waals surface area (Å²) in [4.78, 5) is 25.9. The first-order valence-corrected chi connectivity index (χ1v) is 9.54. The third kappa shape index (κ3) is 5.18. The number of aliphatic carboxylic acids is 1. The number of rotatable bonds is 4. The lowest BCUT2D eigenvalue weighted by molar-refractivity contribution is -0.192. The number of halogens is 3. The van der Waals surface area contributed by atoms with Crippen LogP contribution in [-0.2, 0) is 9.53 Å². The van der Waals surface area contributed by atoms with Gasteiger partial charge in [-0.05, 0) is 20.8 Å². The predicted octanol–water partition coefficient (Wildman–Crippen LogP) is 0.698. The molecule has 0 radical (unpaired) electrons. The summed E-state index contributed by atoms with van der Waals surface area (Å²) in [6.45, 7) is 5.73. The zero-order chi connectivity index (χ0) is 24.5. The van der Waals surface area contributed by atoms with Gasteiger partial charge in [0, 0.05) is 6.04 Å². The van der Waals surface area contributed by atoms with E-state index in [1.807, 2.05) is 13.8 Å². The van der Waals surface area contributed by atoms with E-state index >= 15 is 0 Å². The molecule has 33 heavy (non-hydrogen) atoms. The van der Waals surface area contributed by atoms with E-state index in [4.69, 9.17) is 14.6 Å². The molecule has 16 heteroatoms. The molecule has 0 aromatic carbocycles. The average molecular weight is 474 g/mol. The summed E-state index contributed by atoms with van der Waals surface area (Å²) in [7, 11) is 0. The molecular formula is C17H21F3N8O5. The van der Waals surface area contributed by atoms with Gasteiger partial charge in [0.2, 0.25) is 0 Å². The number of aryl methyl sites for hydroxylation is 1. The van der Waals surface area contributed by atoms with E-state index in [0.29, 0.717) is 22.8 Å². The Morgan fingerprint density at radius 1 is 1.24 bits per heavy atom. The third-order valence-corrected chi connectivity index (χ3v) is 4.41. The maximum atomic E-state index is 10.6. The van der Waals surface area contributed by atoms with Crippen molar-refractivity contribution in [3.8, 4) is 0 Å². The number of nitrogens with zero attached hydrogens (tertiary/aromatic N) is 6. The van der Waals surface area contributed by atoms with Crippen molar-refractivity contribution in [2.45, 2.75) is 57.5 Å². The number of hydrogen-bond donors (Lipinski definition) is 5. The van der Waals surface area contributed by atoms with Crippen molar-refractivity contribution in [1.82, 2.24) is 34.7 Å². The van der Waals surface area contributed by atoms with Crippen LogP contribution in [0.2, 0.25) is 0 Å². The summed E-state index contributed by atoms with van der Waals surface area (Å²) in [6, 6.07) is 0.173. The third-order valence-electron chi connectivity index (χ3n) is 4.41. The number of H-pyrrole nitrogens is 1. The number of fused-ring (bicyclic) bond motifs is 1. The highest BCUT2D eigenvalue weighted by Crippen LogP contribution is 2.38. The van der Waals surface area contributed by atoms with Crippen LogP contribution in [-0.4, -0.2) is 80.4 Å². The molecule has 0 saturated carbocycles. The van der Waals surface area contributed by atoms with E-state index in [1.54, 1.807) is 11.5 Å². The maximum absolute atomic E-state index is 10.6. The zero-order valence-electron chi connectivity index (χ0n) is 17.5. The first kappa shape index (κ1) is 24.3. The number of aromatic amines is 1. The summed E-state index contributed by atoms with van der Waals surface area (Å²) in [5.74, 6) is -1.28. The van der Waals surface area contributed by atoms with E-state index < -0.39 is 36.7 Å². The second-order valence-electron chi connectivity index (χ2n) is 7.36. The van der Waals surface area contributed by atoms with E-state index in [-0.39, 0.29) is 11.9 Å². The molecule has 1 saturated heterocycles. The Bertz CT molecular complexity index is 1120. The molecule has 0 bridgehead atoms. The van der Waals surface area contributed by atoms with Gasteiger partial charge in [0.25, 0.3) is 0 Å². The number of nitrogens with one attached hydrogen (secondary N) is 2. The lowest BCUT2D eigenvalue weighted by Crippen LogP contribution is -2.29. The fourth-order valence-corrected chi connectivity index (χ4v) is 3.01. The normalized spacial score (nSPS) is 22.9. The van der Waals surface area contributed by atoms with Crippen LogP contribution in [0.5, 0.6) is 0 Å². The lowest BCUT2D eigenvalue weighted by Gasteiger charge is -2.16. The molecule has 1 fully saturated rings. The number of anilines is 1. The van der Waals surface area contributed by atoms with E-state index in [0.717, 1.165) is 0 Å². The molecule has 4 atom stereocenters. The number of alkyl halides is 3. The number of carbonyl (C=O) groups is 1. The fraction of sp³-hybridized carbons (Fsp3) is 0.529. The Balaban J connectivity index is 0.000000383. The van der Waals surface area contributed by atoms with Crippen LogP contribution in [0.1, 0.15) is 37.8 Å². The standard InChI is InChI=1S/C15H20N8O3.C2HF3O2/c1-6(2)19-12-8-14(17-4-16-12)23(5-18-8)15-10(25)9(24)11(26-15)13-20-7(3)21-22-13;3-2(4,5)1(6)7/h4-6,9-11,15,24-25H,1-3H3,(H,16,17,19)(H,20,21,22);(H,6,7)/t9-,10+,11-,15+;/m0./s1. The molecule has 0 amide bonds. The first-order valence-electron chi connectivity index (χ1n) is 9.54. The van der Waals surface area contributed by atoms with Crippen molar-refractivity contribution < 1.29 is 38.0 Å². The van der Waals surface area contributed by atoms with Crippen molar-refractivity contribution in [2.24, 2.45) is 0 Å². The van der Waals surface area contributed by atoms with Crippen LogP contribution in [0.15, 0.2) is 12.7 Å². The van der Waals surface area contributed by atoms with Crippen LogP contribution in [0.4, 0.5) is 19.0 Å². The van der Waals surface area contributed by atoms with Crippen LogP contribution in [0.25, 0.3) is 11.2 Å². The Labute approximate surface area is 183 Å². The van der Waals surface area contributed by atoms with Gasteiger partial charge >= 0.3 is 12.1 Å². The maximum Gasteiger partial charge on any atom is 0.490 e. The van der Waals surface area contributed by atoms with Gasteiger partial charge in [0.15, 0.2) is 35.1 Å². The number of aliphatic hydroxyl groups excluding tert-OH is 2. The Kier molecular flexibility index (Phi) is 6.80. The monoisotopic (exact) mass is 474 g/mol. The summed E-state index contributed by atoms with van der Waals surface area (Å²) in [6.07, 6.45) is -6.25. The molecule has 13 nitrogen and oxygen atoms in total. The van der Waals surface area contributed by atoms with Gasteiger partial charge in [-0.3, -0.25) is 9.67 Å². The predicted molar refractivity (Wildman–Crippen MR) is 104 cm³/mol. The molecule has 4 rings (SSSR count). The Morgan fingerprint density at radius 2 is 1.91 bits per heavy atom. The minimum absolute atomic E-state index is 0.173. The van der Waals surface area contributed by atoms with Crippen LogP contribution in [0, 0.1) is 6.92 Å². The minimum Gasteiger partial charge on any atom is -0.475 e. The number of hydrogen-bond acceptors (Lipinski definition) is 10. The molecule has 5 N–H and O–H groups in total. The number of imidazole rings is 1. The van der Waals surface area contributed by atoms with Crippen LogP contribution >= 0.6 is 0 Å². The molecule has 1 aliphatic heterocycles. The van der Waals surface area contributed by atoms with Gasteiger partial charge in [-0.1, -0.05) is 0 Å². The Hall–Kier alpha value is -3.37. The zero-order valence-corrected chi connectivity index (χ0v) is 17.5. The lowest BCUT2D eigenvalue weighted by atomic mass is 10.1.